The summed E-state index contributed by atoms with van der Waals surface area (Å²) in [4.78, 5) is 16.2. The Morgan fingerprint density at radius 3 is 2.23 bits per heavy atom. The van der Waals surface area contributed by atoms with Gasteiger partial charge in [-0.15, -0.1) is 0 Å². The van der Waals surface area contributed by atoms with Crippen LogP contribution in [0.5, 0.6) is 11.5 Å². The summed E-state index contributed by atoms with van der Waals surface area (Å²) in [6, 6.07) is 20.8. The number of hydrogen-bond acceptors (Lipinski definition) is 4. The first kappa shape index (κ1) is 21.1. The largest absolute Gasteiger partial charge is 0.493 e. The van der Waals surface area contributed by atoms with Gasteiger partial charge in [-0.05, 0) is 59.5 Å². The lowest BCUT2D eigenvalue weighted by Crippen LogP contribution is -2.40. The van der Waals surface area contributed by atoms with Crippen LogP contribution in [-0.4, -0.2) is 42.0 Å². The second-order valence-corrected chi connectivity index (χ2v) is 8.83. The minimum absolute atomic E-state index is 0.0530. The fourth-order valence-corrected chi connectivity index (χ4v) is 4.63. The highest BCUT2D eigenvalue weighted by Gasteiger charge is 2.33. The lowest BCUT2D eigenvalue weighted by atomic mass is 9.87. The van der Waals surface area contributed by atoms with Crippen molar-refractivity contribution >= 4 is 16.7 Å². The van der Waals surface area contributed by atoms with Crippen LogP contribution in [0.4, 0.5) is 0 Å². The molecule has 0 spiro atoms. The molecule has 3 aromatic rings. The molecule has 4 rings (SSSR count). The highest BCUT2D eigenvalue weighted by molar-refractivity contribution is 7.84. The number of ether oxygens (including phenoxy) is 2. The van der Waals surface area contributed by atoms with Gasteiger partial charge < -0.3 is 14.4 Å². The zero-order valence-corrected chi connectivity index (χ0v) is 18.6. The van der Waals surface area contributed by atoms with Crippen LogP contribution in [-0.2, 0) is 17.2 Å². The van der Waals surface area contributed by atoms with Crippen LogP contribution in [0.15, 0.2) is 71.6 Å². The molecule has 0 fully saturated rings. The van der Waals surface area contributed by atoms with E-state index in [1.807, 2.05) is 47.4 Å². The van der Waals surface area contributed by atoms with E-state index in [0.29, 0.717) is 28.5 Å². The maximum absolute atomic E-state index is 13.5. The molecule has 31 heavy (non-hydrogen) atoms. The first-order valence-corrected chi connectivity index (χ1v) is 11.6. The van der Waals surface area contributed by atoms with Gasteiger partial charge in [-0.2, -0.15) is 0 Å². The highest BCUT2D eigenvalue weighted by Crippen LogP contribution is 2.41. The Hall–Kier alpha value is -3.12. The van der Waals surface area contributed by atoms with E-state index in [4.69, 9.17) is 9.47 Å². The van der Waals surface area contributed by atoms with Gasteiger partial charge in [0, 0.05) is 34.1 Å². The minimum atomic E-state index is -1.08. The van der Waals surface area contributed by atoms with Gasteiger partial charge in [0.2, 0.25) is 0 Å². The Kier molecular flexibility index (Phi) is 6.09. The predicted octanol–water partition coefficient (Wildman–Crippen LogP) is 4.23. The molecule has 0 aliphatic carbocycles. The Labute approximate surface area is 185 Å². The van der Waals surface area contributed by atoms with E-state index < -0.39 is 10.8 Å². The van der Waals surface area contributed by atoms with Gasteiger partial charge in [-0.25, -0.2) is 0 Å². The van der Waals surface area contributed by atoms with Crippen LogP contribution < -0.4 is 9.47 Å². The maximum atomic E-state index is 13.5. The molecule has 0 bridgehead atoms. The van der Waals surface area contributed by atoms with E-state index >= 15 is 0 Å². The van der Waals surface area contributed by atoms with Crippen LogP contribution >= 0.6 is 0 Å². The molecule has 2 atom stereocenters. The molecule has 5 nitrogen and oxygen atoms in total. The van der Waals surface area contributed by atoms with Gasteiger partial charge in [-0.1, -0.05) is 30.3 Å². The molecule has 0 saturated heterocycles. The fourth-order valence-electron chi connectivity index (χ4n) is 4.11. The fraction of sp³-hybridized carbons (Fsp3) is 0.240. The summed E-state index contributed by atoms with van der Waals surface area (Å²) in [7, 11) is 2.17. The average Bonchev–Trinajstić information content (AvgIpc) is 2.82. The molecule has 1 aliphatic heterocycles. The van der Waals surface area contributed by atoms with Gasteiger partial charge in [-0.3, -0.25) is 9.00 Å². The number of fused-ring (bicyclic) bond motifs is 1. The molecule has 0 radical (unpaired) electrons. The molecule has 0 saturated carbocycles. The summed E-state index contributed by atoms with van der Waals surface area (Å²) in [5.74, 6) is 1.28. The van der Waals surface area contributed by atoms with Gasteiger partial charge in [0.1, 0.15) is 0 Å². The molecule has 1 heterocycles. The third-order valence-corrected chi connectivity index (χ3v) is 6.62. The van der Waals surface area contributed by atoms with Gasteiger partial charge in [0.25, 0.3) is 5.91 Å². The number of nitrogens with zero attached hydrogens (tertiary/aromatic N) is 1. The van der Waals surface area contributed by atoms with Crippen molar-refractivity contribution in [2.45, 2.75) is 17.4 Å². The number of benzene rings is 3. The summed E-state index contributed by atoms with van der Waals surface area (Å²) in [6.45, 7) is 0.586. The van der Waals surface area contributed by atoms with Crippen LogP contribution in [0.2, 0.25) is 0 Å². The molecule has 160 valence electrons. The van der Waals surface area contributed by atoms with E-state index in [0.717, 1.165) is 23.1 Å². The Bertz CT molecular complexity index is 1110. The Morgan fingerprint density at radius 1 is 0.968 bits per heavy atom. The first-order valence-electron chi connectivity index (χ1n) is 10.1. The third-order valence-electron chi connectivity index (χ3n) is 5.68. The maximum Gasteiger partial charge on any atom is 0.254 e. The van der Waals surface area contributed by atoms with Crippen molar-refractivity contribution in [3.63, 3.8) is 0 Å². The SMILES string of the molecule is COc1cc2c(cc1OC)C(c1ccccc1)N(C(=O)c1ccc(S(C)=O)cc1)CC2. The molecule has 2 unspecified atom stereocenters. The summed E-state index contributed by atoms with van der Waals surface area (Å²) >= 11 is 0. The van der Waals surface area contributed by atoms with Crippen molar-refractivity contribution in [3.05, 3.63) is 89.0 Å². The van der Waals surface area contributed by atoms with Crippen LogP contribution in [0.25, 0.3) is 0 Å². The van der Waals surface area contributed by atoms with Crippen molar-refractivity contribution in [2.75, 3.05) is 27.0 Å². The number of methoxy groups -OCH3 is 2. The van der Waals surface area contributed by atoms with Gasteiger partial charge in [0.05, 0.1) is 20.3 Å². The van der Waals surface area contributed by atoms with Crippen LogP contribution in [0.3, 0.4) is 0 Å². The summed E-state index contributed by atoms with van der Waals surface area (Å²) in [5.41, 5.74) is 3.80. The summed E-state index contributed by atoms with van der Waals surface area (Å²) in [5, 5.41) is 0. The number of amides is 1. The Morgan fingerprint density at radius 2 is 1.61 bits per heavy atom. The van der Waals surface area contributed by atoms with E-state index in [-0.39, 0.29) is 11.9 Å². The molecule has 6 heteroatoms. The van der Waals surface area contributed by atoms with Crippen molar-refractivity contribution in [1.29, 1.82) is 0 Å². The predicted molar refractivity (Wildman–Crippen MR) is 121 cm³/mol. The Balaban J connectivity index is 1.79. The van der Waals surface area contributed by atoms with E-state index in [2.05, 4.69) is 0 Å². The normalized spacial score (nSPS) is 16.4. The second-order valence-electron chi connectivity index (χ2n) is 7.45. The molecule has 0 N–H and O–H groups in total. The number of hydrogen-bond donors (Lipinski definition) is 0. The van der Waals surface area contributed by atoms with Crippen molar-refractivity contribution < 1.29 is 18.5 Å². The van der Waals surface area contributed by atoms with E-state index in [9.17, 15) is 9.00 Å². The molecule has 3 aromatic carbocycles. The van der Waals surface area contributed by atoms with Gasteiger partial charge in [0.15, 0.2) is 11.5 Å². The third kappa shape index (κ3) is 4.08. The van der Waals surface area contributed by atoms with Crippen molar-refractivity contribution in [3.8, 4) is 11.5 Å². The highest BCUT2D eigenvalue weighted by atomic mass is 32.2. The second kappa shape index (κ2) is 8.94. The number of carbonyl (C=O) groups is 1. The topological polar surface area (TPSA) is 55.8 Å². The molecule has 0 aromatic heterocycles. The number of rotatable bonds is 5. The molecule has 1 aliphatic rings. The molecular formula is C25H25NO4S. The van der Waals surface area contributed by atoms with Gasteiger partial charge >= 0.3 is 0 Å². The van der Waals surface area contributed by atoms with Crippen LogP contribution in [0.1, 0.15) is 33.1 Å². The summed E-state index contributed by atoms with van der Waals surface area (Å²) in [6.07, 6.45) is 2.35. The zero-order valence-electron chi connectivity index (χ0n) is 17.8. The van der Waals surface area contributed by atoms with E-state index in [1.165, 1.54) is 0 Å². The van der Waals surface area contributed by atoms with Crippen molar-refractivity contribution in [2.24, 2.45) is 0 Å². The first-order chi connectivity index (χ1) is 15.0. The molecule has 1 amide bonds. The number of carbonyl (C=O) groups excluding carboxylic acids is 1. The lowest BCUT2D eigenvalue weighted by molar-refractivity contribution is 0.0694. The minimum Gasteiger partial charge on any atom is -0.493 e. The summed E-state index contributed by atoms with van der Waals surface area (Å²) < 4.78 is 22.7. The monoisotopic (exact) mass is 435 g/mol. The van der Waals surface area contributed by atoms with Crippen LogP contribution in [0, 0.1) is 0 Å². The lowest BCUT2D eigenvalue weighted by Gasteiger charge is -2.38. The average molecular weight is 436 g/mol. The standard InChI is InChI=1S/C25H25NO4S/c1-29-22-15-19-13-14-26(25(27)18-9-11-20(12-10-18)31(3)28)24(17-7-5-4-6-8-17)21(19)16-23(22)30-2/h4-12,15-16,24H,13-14H2,1-3H3. The van der Waals surface area contributed by atoms with E-state index in [1.54, 1.807) is 44.7 Å². The van der Waals surface area contributed by atoms with Crippen molar-refractivity contribution in [1.82, 2.24) is 4.90 Å². The smallest absolute Gasteiger partial charge is 0.254 e. The molecular weight excluding hydrogens is 410 g/mol. The quantitative estimate of drug-likeness (QED) is 0.602. The zero-order chi connectivity index (χ0) is 22.0.